The van der Waals surface area contributed by atoms with Crippen LogP contribution in [-0.4, -0.2) is 23.1 Å². The van der Waals surface area contributed by atoms with Gasteiger partial charge in [0.05, 0.1) is 16.6 Å². The zero-order valence-electron chi connectivity index (χ0n) is 43.4. The Morgan fingerprint density at radius 2 is 1.11 bits per heavy atom. The van der Waals surface area contributed by atoms with Crippen molar-refractivity contribution in [1.82, 2.24) is 23.1 Å². The van der Waals surface area contributed by atoms with Crippen molar-refractivity contribution in [3.05, 3.63) is 227 Å². The van der Waals surface area contributed by atoms with Gasteiger partial charge in [0, 0.05) is 27.7 Å². The Bertz CT molecular complexity index is 4680. The number of para-hydroxylation sites is 5. The molecule has 5 heterocycles. The van der Waals surface area contributed by atoms with E-state index < -0.39 is 0 Å². The number of hydrogen-bond donors (Lipinski definition) is 0. The van der Waals surface area contributed by atoms with Gasteiger partial charge in [-0.15, -0.1) is 0 Å². The quantitative estimate of drug-likeness (QED) is 0.149. The Balaban J connectivity index is 0.934. The van der Waals surface area contributed by atoms with Gasteiger partial charge in [-0.2, -0.15) is 0 Å². The van der Waals surface area contributed by atoms with E-state index >= 15 is 0 Å². The summed E-state index contributed by atoms with van der Waals surface area (Å²) in [5.41, 5.74) is 17.9. The molecule has 0 aliphatic heterocycles. The SMILES string of the molecule is Cc1ccc(-n2[c](=[Pt])n(-c3c(-c4ccccc4)cccc3-c3cc(C(C)(C)C)cc(C(C)(C)C)c3)c3ccccc32)[c-]c1Oc1[c-]c2c(cc1)c1cc3c4cccc5c6ccccc6n(c3cc1n2-c1ccccn1)c54. The first-order valence-corrected chi connectivity index (χ1v) is 27.2. The summed E-state index contributed by atoms with van der Waals surface area (Å²) < 4.78 is 17.4. The van der Waals surface area contributed by atoms with E-state index in [9.17, 15) is 0 Å². The van der Waals surface area contributed by atoms with Gasteiger partial charge >= 0.3 is 352 Å². The number of hydrogen-bond acceptors (Lipinski definition) is 2. The van der Waals surface area contributed by atoms with Gasteiger partial charge in [-0.3, -0.25) is 0 Å². The second-order valence-electron chi connectivity index (χ2n) is 22.3. The molecule has 6 nitrogen and oxygen atoms in total. The zero-order valence-corrected chi connectivity index (χ0v) is 45.7. The van der Waals surface area contributed by atoms with E-state index in [2.05, 4.69) is 268 Å². The van der Waals surface area contributed by atoms with Gasteiger partial charge < -0.3 is 4.40 Å². The number of benzene rings is 9. The first kappa shape index (κ1) is 46.2. The Hall–Kier alpha value is -8.31. The molecule has 0 N–H and O–H groups in total. The third kappa shape index (κ3) is 7.18. The molecule has 7 heteroatoms. The Morgan fingerprint density at radius 3 is 1.83 bits per heavy atom. The summed E-state index contributed by atoms with van der Waals surface area (Å²) in [5, 5.41) is 7.21. The Labute approximate surface area is 452 Å². The van der Waals surface area contributed by atoms with Crippen LogP contribution in [0.5, 0.6) is 11.5 Å². The maximum atomic E-state index is 6.97. The van der Waals surface area contributed by atoms with Crippen LogP contribution in [-0.2, 0) is 30.2 Å². The van der Waals surface area contributed by atoms with Gasteiger partial charge in [-0.05, 0) is 12.1 Å². The second kappa shape index (κ2) is 17.1. The van der Waals surface area contributed by atoms with Crippen molar-refractivity contribution in [3.8, 4) is 50.9 Å². The van der Waals surface area contributed by atoms with Crippen LogP contribution in [0.1, 0.15) is 58.2 Å². The van der Waals surface area contributed by atoms with Crippen molar-refractivity contribution in [1.29, 1.82) is 0 Å². The Kier molecular flexibility index (Phi) is 10.4. The molecule has 0 saturated carbocycles. The minimum Gasteiger partial charge on any atom is -0.0570 e. The topological polar surface area (TPSA) is 41.3 Å². The van der Waals surface area contributed by atoms with Crippen molar-refractivity contribution in [2.24, 2.45) is 0 Å². The Morgan fingerprint density at radius 1 is 0.474 bits per heavy atom. The van der Waals surface area contributed by atoms with Gasteiger partial charge in [0.2, 0.25) is 0 Å². The van der Waals surface area contributed by atoms with Crippen LogP contribution in [0.3, 0.4) is 0 Å². The summed E-state index contributed by atoms with van der Waals surface area (Å²) in [6.45, 7) is 15.9. The summed E-state index contributed by atoms with van der Waals surface area (Å²) in [5.74, 6) is 2.04. The smallest absolute Gasteiger partial charge is 0.0570 e. The fourth-order valence-corrected chi connectivity index (χ4v) is 12.7. The molecule has 14 aromatic rings. The van der Waals surface area contributed by atoms with E-state index in [-0.39, 0.29) is 10.8 Å². The summed E-state index contributed by atoms with van der Waals surface area (Å²) in [6.07, 6.45) is 1.85. The van der Waals surface area contributed by atoms with Gasteiger partial charge in [-0.25, -0.2) is 0 Å². The third-order valence-electron chi connectivity index (χ3n) is 15.4. The minimum atomic E-state index is -0.0485. The summed E-state index contributed by atoms with van der Waals surface area (Å²) in [7, 11) is 0. The van der Waals surface area contributed by atoms with Crippen molar-refractivity contribution in [3.63, 3.8) is 0 Å². The van der Waals surface area contributed by atoms with Crippen molar-refractivity contribution in [2.45, 2.75) is 59.3 Å². The summed E-state index contributed by atoms with van der Waals surface area (Å²) in [6, 6.07) is 75.7. The molecule has 0 bridgehead atoms. The van der Waals surface area contributed by atoms with Gasteiger partial charge in [0.1, 0.15) is 0 Å². The third-order valence-corrected chi connectivity index (χ3v) is 16.5. The van der Waals surface area contributed by atoms with Crippen LogP contribution in [0.4, 0.5) is 0 Å². The molecule has 0 aliphatic rings. The van der Waals surface area contributed by atoms with E-state index in [4.69, 9.17) is 9.72 Å². The first-order chi connectivity index (χ1) is 36.8. The van der Waals surface area contributed by atoms with E-state index in [1.165, 1.54) is 54.8 Å². The zero-order chi connectivity index (χ0) is 51.8. The van der Waals surface area contributed by atoms with Gasteiger partial charge in [-0.1, -0.05) is 42.5 Å². The molecule has 14 rings (SSSR count). The number of imidazole rings is 1. The van der Waals surface area contributed by atoms with Gasteiger partial charge in [0.15, 0.2) is 0 Å². The summed E-state index contributed by atoms with van der Waals surface area (Å²) in [4.78, 5) is 4.92. The second-order valence-corrected chi connectivity index (χ2v) is 23.3. The van der Waals surface area contributed by atoms with Crippen molar-refractivity contribution >= 4 is 70.9 Å². The van der Waals surface area contributed by atoms with Crippen LogP contribution in [0, 0.1) is 22.9 Å². The van der Waals surface area contributed by atoms with E-state index in [1.807, 2.05) is 24.4 Å². The standard InChI is InChI=1S/C69H53N5O.Pt/c1-43-30-31-48(71-42-72(60-28-14-13-27-59(60)71)66-50(44-19-9-8-10-20-44)22-17-23-51(66)45-35-46(68(2,3)4)37-47(36-45)69(5,6)7)38-64(43)75-49-32-33-53-56-40-57-55-25-18-24-54-52-21-11-12-26-58(52)74(67(54)55)63(57)41-62(56)73(61(53)39-49)65-29-15-16-34-70-65;/h8-37,40-41H,1-7H3;/q-2;. The fraction of sp³-hybridized carbons (Fsp3) is 0.130. The molecule has 372 valence electrons. The van der Waals surface area contributed by atoms with Crippen LogP contribution in [0.25, 0.3) is 110 Å². The fourth-order valence-electron chi connectivity index (χ4n) is 11.6. The number of rotatable bonds is 7. The van der Waals surface area contributed by atoms with E-state index in [0.29, 0.717) is 11.5 Å². The molecule has 0 radical (unpaired) electrons. The van der Waals surface area contributed by atoms with Crippen molar-refractivity contribution < 1.29 is 24.1 Å². The monoisotopic (exact) mass is 1160 g/mol. The molecule has 0 spiro atoms. The normalized spacial score (nSPS) is 12.5. The molecular formula is C69H53N5OPt-2. The van der Waals surface area contributed by atoms with E-state index in [0.717, 1.165) is 76.0 Å². The maximum absolute atomic E-state index is 6.97. The van der Waals surface area contributed by atoms with Crippen LogP contribution >= 0.6 is 0 Å². The number of nitrogens with zero attached hydrogens (tertiary/aromatic N) is 5. The molecular weight excluding hydrogens is 1110 g/mol. The predicted octanol–water partition coefficient (Wildman–Crippen LogP) is 17.8. The van der Waals surface area contributed by atoms with Crippen molar-refractivity contribution in [2.75, 3.05) is 0 Å². The molecule has 0 atom stereocenters. The van der Waals surface area contributed by atoms with E-state index in [1.54, 1.807) is 0 Å². The van der Waals surface area contributed by atoms with Gasteiger partial charge in [0.25, 0.3) is 0 Å². The molecule has 0 unspecified atom stereocenters. The molecule has 0 saturated heterocycles. The first-order valence-electron chi connectivity index (χ1n) is 26.0. The minimum absolute atomic E-state index is 0.0485. The molecule has 0 fully saturated rings. The number of pyridine rings is 1. The predicted molar refractivity (Wildman–Crippen MR) is 310 cm³/mol. The molecule has 9 aromatic carbocycles. The molecule has 0 aliphatic carbocycles. The number of aromatic nitrogens is 5. The van der Waals surface area contributed by atoms with Crippen LogP contribution < -0.4 is 4.74 Å². The average Bonchev–Trinajstić information content (AvgIpc) is 4.16. The number of fused-ring (bicyclic) bond motifs is 10. The van der Waals surface area contributed by atoms with Crippen LogP contribution in [0.2, 0.25) is 0 Å². The summed E-state index contributed by atoms with van der Waals surface area (Å²) >= 11 is 2.52. The number of ether oxygens (including phenoxy) is 1. The molecule has 0 amide bonds. The number of aryl methyl sites for hydroxylation is 1. The molecule has 76 heavy (non-hydrogen) atoms. The average molecular weight is 1160 g/mol. The molecule has 5 aromatic heterocycles. The van der Waals surface area contributed by atoms with Crippen LogP contribution in [0.15, 0.2) is 194 Å².